The smallest absolute Gasteiger partial charge is 0.135 e. The van der Waals surface area contributed by atoms with Gasteiger partial charge in [-0.2, -0.15) is 0 Å². The summed E-state index contributed by atoms with van der Waals surface area (Å²) in [6, 6.07) is 72.4. The van der Waals surface area contributed by atoms with Gasteiger partial charge in [0.1, 0.15) is 22.5 Å². The summed E-state index contributed by atoms with van der Waals surface area (Å²) >= 11 is 0. The van der Waals surface area contributed by atoms with Crippen LogP contribution in [0.15, 0.2) is 209 Å². The molecule has 0 spiro atoms. The van der Waals surface area contributed by atoms with Gasteiger partial charge in [-0.1, -0.05) is 121 Å². The molecule has 0 saturated heterocycles. The van der Waals surface area contributed by atoms with E-state index in [1.165, 1.54) is 77.1 Å². The number of rotatable bonds is 5. The van der Waals surface area contributed by atoms with Crippen LogP contribution in [0.5, 0.6) is 0 Å². The molecule has 0 unspecified atom stereocenters. The van der Waals surface area contributed by atoms with E-state index in [1.54, 1.807) is 0 Å². The van der Waals surface area contributed by atoms with Gasteiger partial charge in [0, 0.05) is 61.1 Å². The Morgan fingerprint density at radius 2 is 0.750 bits per heavy atom. The predicted molar refractivity (Wildman–Crippen MR) is 266 cm³/mol. The topological polar surface area (TPSA) is 36.1 Å². The summed E-state index contributed by atoms with van der Waals surface area (Å²) in [5.74, 6) is 1.06. The van der Waals surface area contributed by atoms with Crippen molar-refractivity contribution in [3.05, 3.63) is 212 Å². The van der Waals surface area contributed by atoms with Crippen LogP contribution in [-0.4, -0.2) is 9.13 Å². The average Bonchev–Trinajstić information content (AvgIpc) is 4.11. The van der Waals surface area contributed by atoms with Gasteiger partial charge in [-0.15, -0.1) is 0 Å². The Bertz CT molecular complexity index is 3990. The first-order valence-corrected chi connectivity index (χ1v) is 22.1. The lowest BCUT2D eigenvalue weighted by molar-refractivity contribution is 0.546. The van der Waals surface area contributed by atoms with Crippen molar-refractivity contribution in [2.75, 3.05) is 0 Å². The van der Waals surface area contributed by atoms with Crippen molar-refractivity contribution >= 4 is 88.3 Å². The first-order chi connectivity index (χ1) is 31.7. The molecule has 14 rings (SSSR count). The number of para-hydroxylation sites is 4. The third-order valence-electron chi connectivity index (χ3n) is 13.6. The van der Waals surface area contributed by atoms with Gasteiger partial charge in [0.25, 0.3) is 0 Å². The highest BCUT2D eigenvalue weighted by atomic mass is 16.3. The molecule has 1 aliphatic rings. The number of benzene rings is 9. The van der Waals surface area contributed by atoms with Gasteiger partial charge in [0.15, 0.2) is 0 Å². The Kier molecular flexibility index (Phi) is 7.48. The number of fused-ring (bicyclic) bond motifs is 12. The Hall–Kier alpha value is -8.34. The third-order valence-corrected chi connectivity index (χ3v) is 13.6. The monoisotopic (exact) mass is 818 g/mol. The van der Waals surface area contributed by atoms with Gasteiger partial charge in [-0.3, -0.25) is 0 Å². The van der Waals surface area contributed by atoms with Crippen LogP contribution in [0.1, 0.15) is 17.7 Å². The summed E-state index contributed by atoms with van der Waals surface area (Å²) in [6.45, 7) is 0. The van der Waals surface area contributed by atoms with Crippen LogP contribution in [0.4, 0.5) is 0 Å². The lowest BCUT2D eigenvalue weighted by Gasteiger charge is -2.16. The first kappa shape index (κ1) is 35.3. The molecule has 0 radical (unpaired) electrons. The fraction of sp³-hybridized carbons (Fsp3) is 0.0333. The minimum Gasteiger partial charge on any atom is -0.460 e. The van der Waals surface area contributed by atoms with E-state index in [-0.39, 0.29) is 0 Å². The van der Waals surface area contributed by atoms with Crippen molar-refractivity contribution < 1.29 is 8.83 Å². The van der Waals surface area contributed by atoms with Gasteiger partial charge < -0.3 is 18.0 Å². The normalized spacial score (nSPS) is 13.0. The van der Waals surface area contributed by atoms with Crippen LogP contribution in [0.3, 0.4) is 0 Å². The standard InChI is InChI=1S/C60H38N2O2/c1-5-19-53-45(15-1)46-16-2-6-20-54(46)61(53)43-25-29-59-51(35-43)49-33-41(23-27-57(49)63-59)39-13-9-11-37(31-39)38-12-10-14-40(32-38)42-24-28-58-50(34-42)52-36-44(26-30-60(52)64-58)62-55-21-7-3-17-47(55)48-18-4-8-22-56(48)62/h1-25,27-29,31-36H,26,30H2. The molecule has 1 aliphatic carbocycles. The zero-order valence-electron chi connectivity index (χ0n) is 34.8. The van der Waals surface area contributed by atoms with Crippen LogP contribution >= 0.6 is 0 Å². The SMILES string of the molecule is C1=C(n2c3ccccc3c3ccccc32)CCc2oc3ccc(-c4cccc(-c5cccc(-c6ccc7oc8ccc(-n9c%10ccccc%10c%10ccccc%109)cc8c7c6)c5)c4)cc3c21. The molecule has 0 fully saturated rings. The number of hydrogen-bond acceptors (Lipinski definition) is 2. The molecule has 9 aromatic carbocycles. The fourth-order valence-corrected chi connectivity index (χ4v) is 10.6. The Morgan fingerprint density at radius 3 is 1.30 bits per heavy atom. The molecule has 4 heterocycles. The maximum atomic E-state index is 6.51. The van der Waals surface area contributed by atoms with Crippen molar-refractivity contribution in [3.63, 3.8) is 0 Å². The van der Waals surface area contributed by atoms with E-state index in [4.69, 9.17) is 8.83 Å². The van der Waals surface area contributed by atoms with Crippen molar-refractivity contribution in [2.45, 2.75) is 12.8 Å². The molecule has 13 aromatic rings. The molecule has 4 aromatic heterocycles. The second-order valence-corrected chi connectivity index (χ2v) is 17.2. The Morgan fingerprint density at radius 1 is 0.312 bits per heavy atom. The van der Waals surface area contributed by atoms with E-state index in [2.05, 4.69) is 215 Å². The number of aryl methyl sites for hydroxylation is 1. The summed E-state index contributed by atoms with van der Waals surface area (Å²) in [7, 11) is 0. The van der Waals surface area contributed by atoms with E-state index in [0.29, 0.717) is 0 Å². The fourth-order valence-electron chi connectivity index (χ4n) is 10.6. The average molecular weight is 819 g/mol. The predicted octanol–water partition coefficient (Wildman–Crippen LogP) is 16.5. The Labute approximate surface area is 368 Å². The zero-order chi connectivity index (χ0) is 41.9. The lowest BCUT2D eigenvalue weighted by atomic mass is 9.94. The molecule has 4 heteroatoms. The highest BCUT2D eigenvalue weighted by Gasteiger charge is 2.22. The second-order valence-electron chi connectivity index (χ2n) is 17.2. The molecular formula is C60H38N2O2. The molecule has 0 N–H and O–H groups in total. The van der Waals surface area contributed by atoms with Crippen LogP contribution in [0, 0.1) is 0 Å². The molecule has 0 atom stereocenters. The van der Waals surface area contributed by atoms with Crippen LogP contribution < -0.4 is 0 Å². The third kappa shape index (κ3) is 5.29. The van der Waals surface area contributed by atoms with Crippen molar-refractivity contribution in [1.82, 2.24) is 9.13 Å². The molecule has 0 bridgehead atoms. The van der Waals surface area contributed by atoms with E-state index in [9.17, 15) is 0 Å². The number of aromatic nitrogens is 2. The van der Waals surface area contributed by atoms with Gasteiger partial charge in [0.2, 0.25) is 0 Å². The van der Waals surface area contributed by atoms with Gasteiger partial charge in [-0.25, -0.2) is 0 Å². The molecular weight excluding hydrogens is 781 g/mol. The minimum absolute atomic E-state index is 0.866. The molecule has 0 amide bonds. The van der Waals surface area contributed by atoms with Crippen molar-refractivity contribution in [1.29, 1.82) is 0 Å². The zero-order valence-corrected chi connectivity index (χ0v) is 34.8. The molecule has 64 heavy (non-hydrogen) atoms. The largest absolute Gasteiger partial charge is 0.460 e. The van der Waals surface area contributed by atoms with E-state index < -0.39 is 0 Å². The van der Waals surface area contributed by atoms with Crippen LogP contribution in [-0.2, 0) is 6.42 Å². The van der Waals surface area contributed by atoms with Crippen molar-refractivity contribution in [3.8, 4) is 39.1 Å². The quantitative estimate of drug-likeness (QED) is 0.173. The maximum Gasteiger partial charge on any atom is 0.135 e. The highest BCUT2D eigenvalue weighted by Crippen LogP contribution is 2.42. The maximum absolute atomic E-state index is 6.51. The summed E-state index contributed by atoms with van der Waals surface area (Å²) in [6.07, 6.45) is 4.15. The molecule has 0 aliphatic heterocycles. The summed E-state index contributed by atoms with van der Waals surface area (Å²) in [4.78, 5) is 0. The summed E-state index contributed by atoms with van der Waals surface area (Å²) in [5, 5.41) is 8.44. The number of hydrogen-bond donors (Lipinski definition) is 0. The van der Waals surface area contributed by atoms with Gasteiger partial charge in [-0.05, 0) is 125 Å². The van der Waals surface area contributed by atoms with Crippen LogP contribution in [0.25, 0.3) is 127 Å². The van der Waals surface area contributed by atoms with E-state index in [1.807, 2.05) is 0 Å². The second kappa shape index (κ2) is 13.6. The van der Waals surface area contributed by atoms with Gasteiger partial charge in [0.05, 0.1) is 22.1 Å². The van der Waals surface area contributed by atoms with E-state index >= 15 is 0 Å². The lowest BCUT2D eigenvalue weighted by Crippen LogP contribution is -2.03. The summed E-state index contributed by atoms with van der Waals surface area (Å²) in [5.41, 5.74) is 18.2. The minimum atomic E-state index is 0.866. The number of allylic oxidation sites excluding steroid dienone is 1. The van der Waals surface area contributed by atoms with E-state index in [0.717, 1.165) is 68.3 Å². The molecule has 300 valence electrons. The Balaban J connectivity index is 0.817. The molecule has 4 nitrogen and oxygen atoms in total. The van der Waals surface area contributed by atoms with Crippen molar-refractivity contribution in [2.24, 2.45) is 0 Å². The number of furan rings is 2. The highest BCUT2D eigenvalue weighted by molar-refractivity contribution is 6.12. The molecule has 0 saturated carbocycles. The first-order valence-electron chi connectivity index (χ1n) is 22.1. The number of nitrogens with zero attached hydrogens (tertiary/aromatic N) is 2. The van der Waals surface area contributed by atoms with Crippen LogP contribution in [0.2, 0.25) is 0 Å². The van der Waals surface area contributed by atoms with Gasteiger partial charge >= 0.3 is 0 Å². The summed E-state index contributed by atoms with van der Waals surface area (Å²) < 4.78 is 17.8.